The van der Waals surface area contributed by atoms with E-state index in [0.29, 0.717) is 0 Å². The number of fused-ring (bicyclic) bond motifs is 2. The molecular formula is C29H31N. The van der Waals surface area contributed by atoms with E-state index >= 15 is 0 Å². The Balaban J connectivity index is 1.28. The predicted octanol–water partition coefficient (Wildman–Crippen LogP) is 6.49. The highest BCUT2D eigenvalue weighted by molar-refractivity contribution is 5.83. The Morgan fingerprint density at radius 2 is 1.27 bits per heavy atom. The molecule has 1 aliphatic carbocycles. The van der Waals surface area contributed by atoms with Crippen LogP contribution in [0, 0.1) is 0 Å². The zero-order valence-electron chi connectivity index (χ0n) is 17.8. The van der Waals surface area contributed by atoms with Gasteiger partial charge in [0.2, 0.25) is 0 Å². The van der Waals surface area contributed by atoms with Crippen LogP contribution in [0.2, 0.25) is 0 Å². The second-order valence-electron chi connectivity index (χ2n) is 8.75. The third-order valence-electron chi connectivity index (χ3n) is 6.93. The molecule has 0 spiro atoms. The molecule has 1 heteroatoms. The first-order valence-corrected chi connectivity index (χ1v) is 11.5. The lowest BCUT2D eigenvalue weighted by Gasteiger charge is -2.32. The van der Waals surface area contributed by atoms with E-state index in [0.717, 1.165) is 31.7 Å². The normalized spacial score (nSPS) is 17.1. The maximum atomic E-state index is 2.66. The van der Waals surface area contributed by atoms with Gasteiger partial charge >= 0.3 is 0 Å². The minimum atomic E-state index is 0.737. The smallest absolute Gasteiger partial charge is 0.00162 e. The van der Waals surface area contributed by atoms with E-state index in [-0.39, 0.29) is 0 Å². The number of aryl methyl sites for hydroxylation is 2. The summed E-state index contributed by atoms with van der Waals surface area (Å²) in [4.78, 5) is 2.66. The van der Waals surface area contributed by atoms with Gasteiger partial charge in [0.1, 0.15) is 0 Å². The highest BCUT2D eigenvalue weighted by atomic mass is 15.1. The lowest BCUT2D eigenvalue weighted by Crippen LogP contribution is -2.33. The van der Waals surface area contributed by atoms with Crippen LogP contribution in [-0.2, 0) is 12.8 Å². The molecule has 1 saturated heterocycles. The molecule has 0 aromatic heterocycles. The fourth-order valence-electron chi connectivity index (χ4n) is 5.24. The highest BCUT2D eigenvalue weighted by Gasteiger charge is 2.20. The van der Waals surface area contributed by atoms with Crippen molar-refractivity contribution in [3.05, 3.63) is 113 Å². The van der Waals surface area contributed by atoms with Crippen molar-refractivity contribution in [2.45, 2.75) is 38.0 Å². The molecule has 0 saturated carbocycles. The van der Waals surface area contributed by atoms with Crippen LogP contribution in [0.1, 0.15) is 53.0 Å². The minimum absolute atomic E-state index is 0.737. The Morgan fingerprint density at radius 1 is 0.700 bits per heavy atom. The fraction of sp³-hybridized carbons (Fsp3) is 0.310. The summed E-state index contributed by atoms with van der Waals surface area (Å²) in [5.74, 6) is 0.737. The van der Waals surface area contributed by atoms with Crippen LogP contribution in [-0.4, -0.2) is 24.5 Å². The van der Waals surface area contributed by atoms with Crippen molar-refractivity contribution in [1.82, 2.24) is 4.90 Å². The quantitative estimate of drug-likeness (QED) is 0.490. The van der Waals surface area contributed by atoms with E-state index in [1.807, 2.05) is 0 Å². The molecule has 3 aromatic rings. The van der Waals surface area contributed by atoms with E-state index in [1.54, 1.807) is 0 Å². The third-order valence-corrected chi connectivity index (χ3v) is 6.93. The fourth-order valence-corrected chi connectivity index (χ4v) is 5.24. The summed E-state index contributed by atoms with van der Waals surface area (Å²) in [6.07, 6.45) is 8.47. The number of likely N-dealkylation sites (tertiary alicyclic amines) is 1. The maximum Gasteiger partial charge on any atom is 0.00162 e. The van der Waals surface area contributed by atoms with Gasteiger partial charge in [0.15, 0.2) is 0 Å². The molecule has 152 valence electrons. The van der Waals surface area contributed by atoms with Crippen molar-refractivity contribution >= 4 is 5.57 Å². The minimum Gasteiger partial charge on any atom is -0.303 e. The topological polar surface area (TPSA) is 3.24 Å². The van der Waals surface area contributed by atoms with Gasteiger partial charge in [0.05, 0.1) is 0 Å². The number of piperidine rings is 1. The third kappa shape index (κ3) is 4.13. The van der Waals surface area contributed by atoms with Gasteiger partial charge < -0.3 is 4.90 Å². The SMILES string of the molecule is C(CCN1CCC(c2ccccc2)CC1)=C1c2ccccc2CCc2ccccc21. The van der Waals surface area contributed by atoms with Gasteiger partial charge in [-0.25, -0.2) is 0 Å². The maximum absolute atomic E-state index is 2.66. The molecule has 0 unspecified atom stereocenters. The summed E-state index contributed by atoms with van der Waals surface area (Å²) in [7, 11) is 0. The summed E-state index contributed by atoms with van der Waals surface area (Å²) in [6.45, 7) is 3.60. The summed E-state index contributed by atoms with van der Waals surface area (Å²) in [5.41, 5.74) is 8.81. The number of benzene rings is 3. The first-order chi connectivity index (χ1) is 14.9. The van der Waals surface area contributed by atoms with Crippen LogP contribution in [0.4, 0.5) is 0 Å². The monoisotopic (exact) mass is 393 g/mol. The number of hydrogen-bond donors (Lipinski definition) is 0. The Kier molecular flexibility index (Phi) is 5.81. The van der Waals surface area contributed by atoms with E-state index in [4.69, 9.17) is 0 Å². The number of nitrogens with zero attached hydrogens (tertiary/aromatic N) is 1. The molecule has 0 bridgehead atoms. The molecule has 0 atom stereocenters. The molecule has 0 N–H and O–H groups in total. The predicted molar refractivity (Wildman–Crippen MR) is 127 cm³/mol. The van der Waals surface area contributed by atoms with E-state index in [2.05, 4.69) is 89.8 Å². The summed E-state index contributed by atoms with van der Waals surface area (Å²) < 4.78 is 0. The van der Waals surface area contributed by atoms with Crippen molar-refractivity contribution in [1.29, 1.82) is 0 Å². The Morgan fingerprint density at radius 3 is 1.90 bits per heavy atom. The molecule has 5 rings (SSSR count). The largest absolute Gasteiger partial charge is 0.303 e. The Bertz CT molecular complexity index is 960. The average Bonchev–Trinajstić information content (AvgIpc) is 2.97. The first-order valence-electron chi connectivity index (χ1n) is 11.5. The van der Waals surface area contributed by atoms with Gasteiger partial charge in [-0.3, -0.25) is 0 Å². The molecule has 3 aromatic carbocycles. The second-order valence-corrected chi connectivity index (χ2v) is 8.75. The average molecular weight is 394 g/mol. The van der Waals surface area contributed by atoms with Crippen LogP contribution < -0.4 is 0 Å². The van der Waals surface area contributed by atoms with Crippen LogP contribution in [0.25, 0.3) is 5.57 Å². The van der Waals surface area contributed by atoms with Gasteiger partial charge in [-0.2, -0.15) is 0 Å². The van der Waals surface area contributed by atoms with Gasteiger partial charge in [-0.1, -0.05) is 84.9 Å². The lowest BCUT2D eigenvalue weighted by atomic mass is 9.89. The van der Waals surface area contributed by atoms with Crippen LogP contribution in [0.3, 0.4) is 0 Å². The van der Waals surface area contributed by atoms with Crippen molar-refractivity contribution in [2.24, 2.45) is 0 Å². The van der Waals surface area contributed by atoms with Crippen molar-refractivity contribution in [3.8, 4) is 0 Å². The zero-order chi connectivity index (χ0) is 20.2. The van der Waals surface area contributed by atoms with Crippen molar-refractivity contribution < 1.29 is 0 Å². The number of rotatable bonds is 4. The lowest BCUT2D eigenvalue weighted by molar-refractivity contribution is 0.216. The molecule has 1 nitrogen and oxygen atoms in total. The van der Waals surface area contributed by atoms with Gasteiger partial charge in [-0.05, 0) is 84.5 Å². The van der Waals surface area contributed by atoms with Crippen LogP contribution >= 0.6 is 0 Å². The molecule has 1 heterocycles. The van der Waals surface area contributed by atoms with Gasteiger partial charge in [0.25, 0.3) is 0 Å². The molecule has 1 fully saturated rings. The highest BCUT2D eigenvalue weighted by Crippen LogP contribution is 2.34. The van der Waals surface area contributed by atoms with Crippen molar-refractivity contribution in [3.63, 3.8) is 0 Å². The van der Waals surface area contributed by atoms with Crippen LogP contribution in [0.5, 0.6) is 0 Å². The molecule has 0 radical (unpaired) electrons. The summed E-state index contributed by atoms with van der Waals surface area (Å²) in [5, 5.41) is 0. The Labute approximate surface area is 181 Å². The van der Waals surface area contributed by atoms with Gasteiger partial charge in [-0.15, -0.1) is 0 Å². The number of hydrogen-bond acceptors (Lipinski definition) is 1. The zero-order valence-corrected chi connectivity index (χ0v) is 17.8. The molecular weight excluding hydrogens is 362 g/mol. The summed E-state index contributed by atoms with van der Waals surface area (Å²) in [6, 6.07) is 29.1. The van der Waals surface area contributed by atoms with Crippen molar-refractivity contribution in [2.75, 3.05) is 19.6 Å². The summed E-state index contributed by atoms with van der Waals surface area (Å²) >= 11 is 0. The molecule has 0 amide bonds. The Hall–Kier alpha value is -2.64. The van der Waals surface area contributed by atoms with Gasteiger partial charge in [0, 0.05) is 6.54 Å². The van der Waals surface area contributed by atoms with E-state index in [9.17, 15) is 0 Å². The second kappa shape index (κ2) is 9.02. The van der Waals surface area contributed by atoms with E-state index < -0.39 is 0 Å². The molecule has 30 heavy (non-hydrogen) atoms. The van der Waals surface area contributed by atoms with E-state index in [1.165, 1.54) is 59.3 Å². The standard InChI is InChI=1S/C29H31N/c1-2-9-23(10-3-1)24-18-21-30(22-19-24)20-8-15-29-27-13-6-4-11-25(27)16-17-26-12-5-7-14-28(26)29/h1-7,9-15,24H,8,16-22H2. The molecule has 2 aliphatic rings. The first kappa shape index (κ1) is 19.3. The van der Waals surface area contributed by atoms with Crippen LogP contribution in [0.15, 0.2) is 84.9 Å². The molecule has 1 aliphatic heterocycles.